The van der Waals surface area contributed by atoms with Gasteiger partial charge in [-0.3, -0.25) is 4.79 Å². The molecule has 0 fully saturated rings. The summed E-state index contributed by atoms with van der Waals surface area (Å²) in [6, 6.07) is 16.2. The molecular formula is C21H20F2N2O3. The lowest BCUT2D eigenvalue weighted by atomic mass is 10.1. The Morgan fingerprint density at radius 3 is 2.36 bits per heavy atom. The van der Waals surface area contributed by atoms with Gasteiger partial charge in [-0.15, -0.1) is 0 Å². The summed E-state index contributed by atoms with van der Waals surface area (Å²) in [6.45, 7) is -2.67. The molecule has 0 saturated carbocycles. The summed E-state index contributed by atoms with van der Waals surface area (Å²) in [4.78, 5) is 12.2. The molecule has 1 aromatic heterocycles. The number of hydrogen-bond acceptors (Lipinski definition) is 3. The van der Waals surface area contributed by atoms with E-state index in [0.717, 1.165) is 16.8 Å². The number of nitrogens with one attached hydrogen (secondary N) is 1. The Morgan fingerprint density at radius 2 is 1.71 bits per heavy atom. The zero-order valence-corrected chi connectivity index (χ0v) is 15.3. The van der Waals surface area contributed by atoms with Crippen LogP contribution in [0, 0.1) is 0 Å². The molecular weight excluding hydrogens is 366 g/mol. The average molecular weight is 386 g/mol. The van der Waals surface area contributed by atoms with Crippen LogP contribution in [0.1, 0.15) is 11.1 Å². The van der Waals surface area contributed by atoms with E-state index in [2.05, 4.69) is 10.1 Å². The average Bonchev–Trinajstić information content (AvgIpc) is 3.22. The molecule has 0 aliphatic heterocycles. The molecule has 0 radical (unpaired) electrons. The zero-order valence-electron chi connectivity index (χ0n) is 15.3. The number of benzene rings is 2. The Balaban J connectivity index is 1.55. The third-order valence-electron chi connectivity index (χ3n) is 4.14. The van der Waals surface area contributed by atoms with Gasteiger partial charge in [0.15, 0.2) is 11.5 Å². The minimum absolute atomic E-state index is 0.0460. The van der Waals surface area contributed by atoms with Gasteiger partial charge in [-0.1, -0.05) is 18.2 Å². The smallest absolute Gasteiger partial charge is 0.387 e. The van der Waals surface area contributed by atoms with Crippen LogP contribution in [0.25, 0.3) is 5.69 Å². The molecule has 0 aliphatic rings. The van der Waals surface area contributed by atoms with Crippen molar-refractivity contribution in [1.29, 1.82) is 0 Å². The van der Waals surface area contributed by atoms with Crippen molar-refractivity contribution in [2.24, 2.45) is 0 Å². The second kappa shape index (κ2) is 9.03. The minimum atomic E-state index is -2.93. The maximum absolute atomic E-state index is 12.4. The van der Waals surface area contributed by atoms with Crippen molar-refractivity contribution in [2.45, 2.75) is 19.6 Å². The van der Waals surface area contributed by atoms with Crippen molar-refractivity contribution in [1.82, 2.24) is 9.88 Å². The van der Waals surface area contributed by atoms with E-state index in [9.17, 15) is 13.6 Å². The van der Waals surface area contributed by atoms with E-state index >= 15 is 0 Å². The summed E-state index contributed by atoms with van der Waals surface area (Å²) < 4.78 is 36.2. The van der Waals surface area contributed by atoms with E-state index in [1.54, 1.807) is 12.1 Å². The molecule has 3 rings (SSSR count). The fourth-order valence-corrected chi connectivity index (χ4v) is 2.76. The molecule has 0 unspecified atom stereocenters. The topological polar surface area (TPSA) is 52.5 Å². The van der Waals surface area contributed by atoms with E-state index in [1.165, 1.54) is 13.2 Å². The van der Waals surface area contributed by atoms with Crippen LogP contribution in [0.2, 0.25) is 0 Å². The predicted molar refractivity (Wildman–Crippen MR) is 101 cm³/mol. The van der Waals surface area contributed by atoms with Gasteiger partial charge in [0.05, 0.1) is 13.5 Å². The molecule has 1 heterocycles. The summed E-state index contributed by atoms with van der Waals surface area (Å²) in [5.41, 5.74) is 2.63. The van der Waals surface area contributed by atoms with Crippen molar-refractivity contribution in [3.05, 3.63) is 78.1 Å². The number of halogens is 2. The van der Waals surface area contributed by atoms with Crippen LogP contribution >= 0.6 is 0 Å². The van der Waals surface area contributed by atoms with Crippen LogP contribution in [-0.2, 0) is 17.8 Å². The molecule has 2 aromatic carbocycles. The molecule has 28 heavy (non-hydrogen) atoms. The Kier molecular flexibility index (Phi) is 6.26. The summed E-state index contributed by atoms with van der Waals surface area (Å²) in [5, 5.41) is 2.81. The van der Waals surface area contributed by atoms with Crippen molar-refractivity contribution >= 4 is 5.91 Å². The van der Waals surface area contributed by atoms with Crippen molar-refractivity contribution in [2.75, 3.05) is 7.11 Å². The Bertz CT molecular complexity index is 910. The molecule has 7 heteroatoms. The highest BCUT2D eigenvalue weighted by Crippen LogP contribution is 2.29. The lowest BCUT2D eigenvalue weighted by Crippen LogP contribution is -2.24. The first-order valence-electron chi connectivity index (χ1n) is 8.66. The molecule has 5 nitrogen and oxygen atoms in total. The van der Waals surface area contributed by atoms with Crippen molar-refractivity contribution in [3.8, 4) is 17.2 Å². The Hall–Kier alpha value is -3.35. The van der Waals surface area contributed by atoms with Gasteiger partial charge in [0.2, 0.25) is 5.91 Å². The van der Waals surface area contributed by atoms with E-state index in [0.29, 0.717) is 0 Å². The number of carbonyl (C=O) groups is 1. The predicted octanol–water partition coefficient (Wildman–Crippen LogP) is 3.95. The fourth-order valence-electron chi connectivity index (χ4n) is 2.76. The second-order valence-electron chi connectivity index (χ2n) is 6.07. The van der Waals surface area contributed by atoms with Gasteiger partial charge in [-0.25, -0.2) is 0 Å². The number of hydrogen-bond donors (Lipinski definition) is 1. The Morgan fingerprint density at radius 1 is 1.04 bits per heavy atom. The number of rotatable bonds is 8. The summed E-state index contributed by atoms with van der Waals surface area (Å²) in [7, 11) is 1.37. The first-order chi connectivity index (χ1) is 13.5. The maximum Gasteiger partial charge on any atom is 0.387 e. The number of alkyl halides is 2. The highest BCUT2D eigenvalue weighted by Gasteiger charge is 2.11. The molecule has 0 aliphatic carbocycles. The molecule has 3 aromatic rings. The van der Waals surface area contributed by atoms with Gasteiger partial charge < -0.3 is 19.4 Å². The largest absolute Gasteiger partial charge is 0.493 e. The van der Waals surface area contributed by atoms with E-state index < -0.39 is 6.61 Å². The van der Waals surface area contributed by atoms with Crippen LogP contribution in [0.3, 0.4) is 0 Å². The molecule has 0 spiro atoms. The number of nitrogens with zero attached hydrogens (tertiary/aromatic N) is 1. The van der Waals surface area contributed by atoms with Crippen LogP contribution in [0.15, 0.2) is 67.0 Å². The standard InChI is InChI=1S/C21H20F2N2O3/c1-27-19-12-16(6-9-18(19)28-21(22)23)14-24-20(26)13-15-4-7-17(8-5-15)25-10-2-3-11-25/h2-12,21H,13-14H2,1H3,(H,24,26). The highest BCUT2D eigenvalue weighted by molar-refractivity contribution is 5.78. The number of amides is 1. The lowest BCUT2D eigenvalue weighted by molar-refractivity contribution is -0.120. The number of carbonyl (C=O) groups excluding carboxylic acids is 1. The van der Waals surface area contributed by atoms with Crippen LogP contribution in [0.4, 0.5) is 8.78 Å². The van der Waals surface area contributed by atoms with Gasteiger partial charge in [-0.2, -0.15) is 8.78 Å². The van der Waals surface area contributed by atoms with Crippen LogP contribution < -0.4 is 14.8 Å². The summed E-state index contributed by atoms with van der Waals surface area (Å²) in [6.07, 6.45) is 4.15. The quantitative estimate of drug-likeness (QED) is 0.638. The SMILES string of the molecule is COc1cc(CNC(=O)Cc2ccc(-n3cccc3)cc2)ccc1OC(F)F. The van der Waals surface area contributed by atoms with Crippen molar-refractivity contribution in [3.63, 3.8) is 0 Å². The van der Waals surface area contributed by atoms with Crippen molar-refractivity contribution < 1.29 is 23.0 Å². The van der Waals surface area contributed by atoms with Gasteiger partial charge >= 0.3 is 6.61 Å². The molecule has 0 atom stereocenters. The van der Waals surface area contributed by atoms with Crippen LogP contribution in [0.5, 0.6) is 11.5 Å². The normalized spacial score (nSPS) is 10.7. The first kappa shape index (κ1) is 19.4. The third-order valence-corrected chi connectivity index (χ3v) is 4.14. The summed E-state index contributed by atoms with van der Waals surface area (Å²) in [5.74, 6) is 0.00333. The van der Waals surface area contributed by atoms with E-state index in [-0.39, 0.29) is 30.4 Å². The minimum Gasteiger partial charge on any atom is -0.493 e. The molecule has 1 amide bonds. The van der Waals surface area contributed by atoms with E-state index in [4.69, 9.17) is 4.74 Å². The monoisotopic (exact) mass is 386 g/mol. The van der Waals surface area contributed by atoms with Crippen LogP contribution in [-0.4, -0.2) is 24.2 Å². The summed E-state index contributed by atoms with van der Waals surface area (Å²) >= 11 is 0. The fraction of sp³-hybridized carbons (Fsp3) is 0.190. The second-order valence-corrected chi connectivity index (χ2v) is 6.07. The van der Waals surface area contributed by atoms with Gasteiger partial charge in [0, 0.05) is 24.6 Å². The van der Waals surface area contributed by atoms with Gasteiger partial charge in [-0.05, 0) is 47.5 Å². The number of aromatic nitrogens is 1. The lowest BCUT2D eigenvalue weighted by Gasteiger charge is -2.12. The zero-order chi connectivity index (χ0) is 19.9. The number of ether oxygens (including phenoxy) is 2. The van der Waals surface area contributed by atoms with Gasteiger partial charge in [0.25, 0.3) is 0 Å². The Labute approximate surface area is 161 Å². The third kappa shape index (κ3) is 5.09. The van der Waals surface area contributed by atoms with Gasteiger partial charge in [0.1, 0.15) is 0 Å². The molecule has 146 valence electrons. The van der Waals surface area contributed by atoms with E-state index in [1.807, 2.05) is 53.4 Å². The molecule has 1 N–H and O–H groups in total. The number of methoxy groups -OCH3 is 1. The molecule has 0 bridgehead atoms. The maximum atomic E-state index is 12.4. The molecule has 0 saturated heterocycles. The highest BCUT2D eigenvalue weighted by atomic mass is 19.3. The first-order valence-corrected chi connectivity index (χ1v) is 8.66.